The number of halogens is 1. The van der Waals surface area contributed by atoms with Crippen molar-refractivity contribution in [1.82, 2.24) is 25.9 Å². The van der Waals surface area contributed by atoms with Crippen LogP contribution in [0.15, 0.2) is 0 Å². The number of hydrogen-bond donors (Lipinski definition) is 2. The van der Waals surface area contributed by atoms with Crippen molar-refractivity contribution < 1.29 is 4.79 Å². The van der Waals surface area contributed by atoms with Gasteiger partial charge in [0.15, 0.2) is 5.82 Å². The molecule has 2 N–H and O–H groups in total. The van der Waals surface area contributed by atoms with Gasteiger partial charge < -0.3 is 5.32 Å². The van der Waals surface area contributed by atoms with E-state index in [9.17, 15) is 4.79 Å². The summed E-state index contributed by atoms with van der Waals surface area (Å²) in [4.78, 5) is 11.0. The Kier molecular flexibility index (Phi) is 4.17. The number of carbonyl (C=O) groups excluding carboxylic acids is 1. The Bertz CT molecular complexity index is 250. The first-order chi connectivity index (χ1) is 6.33. The summed E-state index contributed by atoms with van der Waals surface area (Å²) in [6.07, 6.45) is 1.11. The largest absolute Gasteiger partial charge is 0.349 e. The van der Waals surface area contributed by atoms with Crippen molar-refractivity contribution in [3.63, 3.8) is 0 Å². The summed E-state index contributed by atoms with van der Waals surface area (Å²) in [7, 11) is 0. The monoisotopic (exact) mass is 203 g/mol. The number of hydrogen-bond acceptors (Lipinski definition) is 4. The fraction of sp³-hybridized carbons (Fsp3) is 0.667. The Labute approximate surface area is 80.0 Å². The molecule has 0 unspecified atom stereocenters. The lowest BCUT2D eigenvalue weighted by molar-refractivity contribution is -0.121. The molecule has 1 aromatic rings. The summed E-state index contributed by atoms with van der Waals surface area (Å²) in [5.41, 5.74) is 0. The fourth-order valence-corrected chi connectivity index (χ4v) is 0.884. The van der Waals surface area contributed by atoms with Gasteiger partial charge in [-0.3, -0.25) is 4.79 Å². The summed E-state index contributed by atoms with van der Waals surface area (Å²) in [6, 6.07) is 0. The van der Waals surface area contributed by atoms with E-state index in [-0.39, 0.29) is 5.91 Å². The molecule has 0 atom stereocenters. The Morgan fingerprint density at radius 1 is 1.62 bits per heavy atom. The van der Waals surface area contributed by atoms with Crippen LogP contribution in [0, 0.1) is 0 Å². The second-order valence-corrected chi connectivity index (χ2v) is 2.78. The maximum absolute atomic E-state index is 11.0. The van der Waals surface area contributed by atoms with E-state index < -0.39 is 0 Å². The molecular weight excluding hydrogens is 194 g/mol. The van der Waals surface area contributed by atoms with Crippen LogP contribution in [0.25, 0.3) is 0 Å². The SMILES string of the molecule is O=C(CCCCl)NCc1nn[nH]n1. The highest BCUT2D eigenvalue weighted by Gasteiger charge is 2.02. The number of H-pyrrole nitrogens is 1. The number of aromatic nitrogens is 4. The van der Waals surface area contributed by atoms with Crippen molar-refractivity contribution in [2.75, 3.05) is 5.88 Å². The number of aromatic amines is 1. The van der Waals surface area contributed by atoms with Gasteiger partial charge in [0.25, 0.3) is 0 Å². The first kappa shape index (κ1) is 9.91. The van der Waals surface area contributed by atoms with Crippen molar-refractivity contribution in [2.24, 2.45) is 0 Å². The Morgan fingerprint density at radius 3 is 3.08 bits per heavy atom. The third-order valence-corrected chi connectivity index (χ3v) is 1.64. The van der Waals surface area contributed by atoms with E-state index in [4.69, 9.17) is 11.6 Å². The van der Waals surface area contributed by atoms with E-state index in [0.717, 1.165) is 0 Å². The molecule has 0 aliphatic carbocycles. The first-order valence-corrected chi connectivity index (χ1v) is 4.41. The van der Waals surface area contributed by atoms with E-state index in [2.05, 4.69) is 25.9 Å². The molecule has 13 heavy (non-hydrogen) atoms. The van der Waals surface area contributed by atoms with Gasteiger partial charge in [-0.15, -0.1) is 21.8 Å². The highest BCUT2D eigenvalue weighted by Crippen LogP contribution is 1.92. The number of nitrogens with zero attached hydrogens (tertiary/aromatic N) is 3. The van der Waals surface area contributed by atoms with Gasteiger partial charge in [0.1, 0.15) is 0 Å². The molecule has 0 aliphatic rings. The zero-order valence-electron chi connectivity index (χ0n) is 6.96. The second kappa shape index (κ2) is 5.47. The van der Waals surface area contributed by atoms with Crippen LogP contribution >= 0.6 is 11.6 Å². The molecule has 0 fully saturated rings. The van der Waals surface area contributed by atoms with E-state index in [1.54, 1.807) is 0 Å². The molecule has 1 aromatic heterocycles. The third kappa shape index (κ3) is 3.84. The Balaban J connectivity index is 2.15. The van der Waals surface area contributed by atoms with Crippen LogP contribution in [-0.4, -0.2) is 32.4 Å². The zero-order chi connectivity index (χ0) is 9.52. The van der Waals surface area contributed by atoms with Crippen LogP contribution in [0.1, 0.15) is 18.7 Å². The zero-order valence-corrected chi connectivity index (χ0v) is 7.71. The van der Waals surface area contributed by atoms with Crippen molar-refractivity contribution in [3.8, 4) is 0 Å². The summed E-state index contributed by atoms with van der Waals surface area (Å²) < 4.78 is 0. The highest BCUT2D eigenvalue weighted by atomic mass is 35.5. The number of rotatable bonds is 5. The van der Waals surface area contributed by atoms with Gasteiger partial charge in [0.05, 0.1) is 6.54 Å². The van der Waals surface area contributed by atoms with Crippen LogP contribution in [-0.2, 0) is 11.3 Å². The van der Waals surface area contributed by atoms with Gasteiger partial charge in [-0.05, 0) is 6.42 Å². The highest BCUT2D eigenvalue weighted by molar-refractivity contribution is 6.17. The van der Waals surface area contributed by atoms with Crippen LogP contribution < -0.4 is 5.32 Å². The van der Waals surface area contributed by atoms with Crippen molar-refractivity contribution >= 4 is 17.5 Å². The molecule has 1 amide bonds. The standard InChI is InChI=1S/C6H10ClN5O/c7-3-1-2-6(13)8-4-5-9-11-12-10-5/h1-4H2,(H,8,13)(H,9,10,11,12). The topological polar surface area (TPSA) is 83.6 Å². The van der Waals surface area contributed by atoms with Crippen molar-refractivity contribution in [1.29, 1.82) is 0 Å². The lowest BCUT2D eigenvalue weighted by atomic mass is 10.3. The van der Waals surface area contributed by atoms with E-state index in [1.165, 1.54) is 0 Å². The molecule has 7 heteroatoms. The van der Waals surface area contributed by atoms with Gasteiger partial charge in [0.2, 0.25) is 5.91 Å². The lowest BCUT2D eigenvalue weighted by Crippen LogP contribution is -2.23. The number of tetrazole rings is 1. The molecule has 0 saturated carbocycles. The summed E-state index contributed by atoms with van der Waals surface area (Å²) in [6.45, 7) is 0.303. The first-order valence-electron chi connectivity index (χ1n) is 3.88. The number of nitrogens with one attached hydrogen (secondary N) is 2. The molecule has 0 aromatic carbocycles. The molecule has 6 nitrogen and oxygen atoms in total. The minimum Gasteiger partial charge on any atom is -0.349 e. The van der Waals surface area contributed by atoms with E-state index in [1.807, 2.05) is 0 Å². The Hall–Kier alpha value is -1.17. The van der Waals surface area contributed by atoms with Crippen LogP contribution in [0.4, 0.5) is 0 Å². The molecule has 72 valence electrons. The summed E-state index contributed by atoms with van der Waals surface area (Å²) >= 11 is 5.43. The lowest BCUT2D eigenvalue weighted by Gasteiger charge is -1.99. The molecule has 1 heterocycles. The minimum atomic E-state index is -0.0505. The van der Waals surface area contributed by atoms with E-state index in [0.29, 0.717) is 31.1 Å². The third-order valence-electron chi connectivity index (χ3n) is 1.37. The summed E-state index contributed by atoms with van der Waals surface area (Å²) in [5.74, 6) is 0.917. The molecule has 0 aliphatic heterocycles. The maximum atomic E-state index is 11.0. The molecule has 1 rings (SSSR count). The van der Waals surface area contributed by atoms with Crippen LogP contribution in [0.5, 0.6) is 0 Å². The predicted molar refractivity (Wildman–Crippen MR) is 46.0 cm³/mol. The minimum absolute atomic E-state index is 0.0505. The van der Waals surface area contributed by atoms with Crippen molar-refractivity contribution in [2.45, 2.75) is 19.4 Å². The number of carbonyl (C=O) groups is 1. The van der Waals surface area contributed by atoms with Crippen LogP contribution in [0.3, 0.4) is 0 Å². The van der Waals surface area contributed by atoms with Gasteiger partial charge in [-0.1, -0.05) is 5.21 Å². The van der Waals surface area contributed by atoms with Gasteiger partial charge in [0, 0.05) is 12.3 Å². The Morgan fingerprint density at radius 2 is 2.46 bits per heavy atom. The van der Waals surface area contributed by atoms with Gasteiger partial charge in [-0.2, -0.15) is 5.21 Å². The molecule has 0 radical (unpaired) electrons. The van der Waals surface area contributed by atoms with Gasteiger partial charge in [-0.25, -0.2) is 0 Å². The molecule has 0 saturated heterocycles. The van der Waals surface area contributed by atoms with Crippen molar-refractivity contribution in [3.05, 3.63) is 5.82 Å². The molecule has 0 bridgehead atoms. The predicted octanol–water partition coefficient (Wildman–Crippen LogP) is -0.165. The normalized spacial score (nSPS) is 9.92. The second-order valence-electron chi connectivity index (χ2n) is 2.40. The molecular formula is C6H10ClN5O. The smallest absolute Gasteiger partial charge is 0.220 e. The quantitative estimate of drug-likeness (QED) is 0.652. The average Bonchev–Trinajstić information content (AvgIpc) is 2.64. The average molecular weight is 204 g/mol. The fourth-order valence-electron chi connectivity index (χ4n) is 0.751. The van der Waals surface area contributed by atoms with Gasteiger partial charge >= 0.3 is 0 Å². The maximum Gasteiger partial charge on any atom is 0.220 e. The number of amides is 1. The van der Waals surface area contributed by atoms with Crippen LogP contribution in [0.2, 0.25) is 0 Å². The van der Waals surface area contributed by atoms with E-state index >= 15 is 0 Å². The molecule has 0 spiro atoms. The summed E-state index contributed by atoms with van der Waals surface area (Å²) in [5, 5.41) is 15.6. The number of alkyl halides is 1.